The van der Waals surface area contributed by atoms with E-state index in [0.29, 0.717) is 44.7 Å². The van der Waals surface area contributed by atoms with Crippen molar-refractivity contribution in [1.29, 1.82) is 0 Å². The fraction of sp³-hybridized carbons (Fsp3) is 0.467. The summed E-state index contributed by atoms with van der Waals surface area (Å²) >= 11 is 6.28. The molecule has 8 heteroatoms. The molecule has 2 heterocycles. The lowest BCUT2D eigenvalue weighted by atomic mass is 9.96. The zero-order valence-electron chi connectivity index (χ0n) is 22.9. The molecule has 0 atom stereocenters. The van der Waals surface area contributed by atoms with Crippen molar-refractivity contribution >= 4 is 34.5 Å². The van der Waals surface area contributed by atoms with Crippen LogP contribution in [0.15, 0.2) is 36.4 Å². The van der Waals surface area contributed by atoms with E-state index in [0.717, 1.165) is 44.8 Å². The first kappa shape index (κ1) is 27.8. The largest absolute Gasteiger partial charge is 0.494 e. The predicted octanol–water partition coefficient (Wildman–Crippen LogP) is 6.83. The van der Waals surface area contributed by atoms with E-state index in [1.807, 2.05) is 75.9 Å². The molecule has 1 saturated heterocycles. The number of para-hydroxylation sites is 1. The number of benzene rings is 2. The van der Waals surface area contributed by atoms with Crippen molar-refractivity contribution in [3.63, 3.8) is 0 Å². The second-order valence-electron chi connectivity index (χ2n) is 11.2. The Morgan fingerprint density at radius 1 is 1.13 bits per heavy atom. The highest BCUT2D eigenvalue weighted by atomic mass is 35.5. The monoisotopic (exact) mass is 539 g/mol. The molecular weight excluding hydrogens is 502 g/mol. The Hall–Kier alpha value is -3.19. The van der Waals surface area contributed by atoms with Crippen molar-refractivity contribution in [2.45, 2.75) is 71.9 Å². The summed E-state index contributed by atoms with van der Waals surface area (Å²) in [6, 6.07) is 11.8. The third-order valence-electron chi connectivity index (χ3n) is 7.32. The molecule has 3 aromatic rings. The van der Waals surface area contributed by atoms with E-state index < -0.39 is 11.6 Å². The van der Waals surface area contributed by atoms with Gasteiger partial charge in [-0.1, -0.05) is 29.8 Å². The van der Waals surface area contributed by atoms with E-state index in [1.165, 1.54) is 4.90 Å². The van der Waals surface area contributed by atoms with Crippen LogP contribution in [0.4, 0.5) is 4.79 Å². The van der Waals surface area contributed by atoms with Crippen LogP contribution >= 0.6 is 11.6 Å². The minimum Gasteiger partial charge on any atom is -0.494 e. The molecule has 2 N–H and O–H groups in total. The summed E-state index contributed by atoms with van der Waals surface area (Å²) in [5.74, 6) is 0.769. The van der Waals surface area contributed by atoms with Gasteiger partial charge in [-0.15, -0.1) is 0 Å². The smallest absolute Gasteiger partial charge is 0.407 e. The van der Waals surface area contributed by atoms with Crippen molar-refractivity contribution in [2.75, 3.05) is 19.7 Å². The molecule has 2 aromatic carbocycles. The molecule has 0 aliphatic carbocycles. The summed E-state index contributed by atoms with van der Waals surface area (Å²) in [7, 11) is 0. The summed E-state index contributed by atoms with van der Waals surface area (Å²) < 4.78 is 6.01. The first-order valence-electron chi connectivity index (χ1n) is 13.3. The van der Waals surface area contributed by atoms with Crippen LogP contribution in [0.25, 0.3) is 10.9 Å². The van der Waals surface area contributed by atoms with Gasteiger partial charge in [-0.05, 0) is 95.2 Å². The maximum Gasteiger partial charge on any atom is 0.407 e. The molecule has 0 bridgehead atoms. The van der Waals surface area contributed by atoms with Crippen LogP contribution in [0.1, 0.15) is 67.2 Å². The fourth-order valence-corrected chi connectivity index (χ4v) is 5.66. The van der Waals surface area contributed by atoms with E-state index in [4.69, 9.17) is 16.3 Å². The van der Waals surface area contributed by atoms with Gasteiger partial charge in [0.1, 0.15) is 11.4 Å². The number of piperidine rings is 1. The van der Waals surface area contributed by atoms with E-state index in [9.17, 15) is 14.7 Å². The van der Waals surface area contributed by atoms with E-state index in [1.54, 1.807) is 0 Å². The van der Waals surface area contributed by atoms with E-state index in [-0.39, 0.29) is 11.9 Å². The molecule has 1 aliphatic rings. The number of aryl methyl sites for hydroxylation is 3. The number of fused-ring (bicyclic) bond motifs is 1. The third-order valence-corrected chi connectivity index (χ3v) is 7.92. The van der Waals surface area contributed by atoms with Crippen LogP contribution in [0.5, 0.6) is 5.75 Å². The van der Waals surface area contributed by atoms with Crippen molar-refractivity contribution in [3.8, 4) is 5.75 Å². The second kappa shape index (κ2) is 11.3. The number of likely N-dealkylation sites (tertiary alicyclic amines) is 1. The molecule has 0 unspecified atom stereocenters. The molecule has 1 aliphatic heterocycles. The fourth-order valence-electron chi connectivity index (χ4n) is 5.55. The van der Waals surface area contributed by atoms with Gasteiger partial charge in [0.15, 0.2) is 0 Å². The molecule has 7 nitrogen and oxygen atoms in total. The molecule has 4 rings (SSSR count). The van der Waals surface area contributed by atoms with Crippen molar-refractivity contribution < 1.29 is 19.4 Å². The first-order valence-corrected chi connectivity index (χ1v) is 13.7. The number of aromatic amines is 1. The van der Waals surface area contributed by atoms with Gasteiger partial charge in [0, 0.05) is 40.6 Å². The number of carbonyl (C=O) groups excluding carboxylic acids is 1. The maximum atomic E-state index is 13.7. The van der Waals surface area contributed by atoms with Crippen molar-refractivity contribution in [1.82, 2.24) is 14.8 Å². The lowest BCUT2D eigenvalue weighted by molar-refractivity contribution is 0.0381. The number of rotatable bonds is 7. The Bertz CT molecular complexity index is 1300. The summed E-state index contributed by atoms with van der Waals surface area (Å²) in [6.45, 7) is 11.2. The Labute approximate surface area is 229 Å². The zero-order chi connectivity index (χ0) is 27.6. The number of amides is 2. The van der Waals surface area contributed by atoms with E-state index in [2.05, 4.69) is 4.98 Å². The lowest BCUT2D eigenvalue weighted by Crippen LogP contribution is -2.55. The number of nitrogens with zero attached hydrogens (tertiary/aromatic N) is 2. The van der Waals surface area contributed by atoms with Gasteiger partial charge in [-0.2, -0.15) is 0 Å². The normalized spacial score (nSPS) is 14.6. The molecule has 0 saturated carbocycles. The predicted molar refractivity (Wildman–Crippen MR) is 152 cm³/mol. The average Bonchev–Trinajstić information content (AvgIpc) is 3.22. The van der Waals surface area contributed by atoms with Gasteiger partial charge < -0.3 is 24.6 Å². The Morgan fingerprint density at radius 2 is 1.76 bits per heavy atom. The molecule has 38 heavy (non-hydrogen) atoms. The summed E-state index contributed by atoms with van der Waals surface area (Å²) in [5, 5.41) is 11.6. The molecule has 1 aromatic heterocycles. The van der Waals surface area contributed by atoms with Crippen LogP contribution < -0.4 is 4.74 Å². The standard InChI is InChI=1S/C30H38ClN3O4/c1-19-17-22(18-20(2)26(19)31)38-16-8-10-24-23-9-6-7-11-25(23)32-27(24)28(35)33-14-12-21(13-15-33)34(29(36)37)30(3,4)5/h6-7,9,11,17-18,21,32H,8,10,12-16H2,1-5H3,(H,36,37). The van der Waals surface area contributed by atoms with Gasteiger partial charge in [0.05, 0.1) is 6.61 Å². The molecule has 204 valence electrons. The minimum atomic E-state index is -0.911. The molecule has 0 radical (unpaired) electrons. The van der Waals surface area contributed by atoms with Crippen LogP contribution in [-0.4, -0.2) is 63.2 Å². The topological polar surface area (TPSA) is 85.9 Å². The first-order chi connectivity index (χ1) is 18.0. The number of hydrogen-bond acceptors (Lipinski definition) is 3. The van der Waals surface area contributed by atoms with Gasteiger partial charge in [0.2, 0.25) is 0 Å². The lowest BCUT2D eigenvalue weighted by Gasteiger charge is -2.43. The van der Waals surface area contributed by atoms with Gasteiger partial charge in [-0.25, -0.2) is 4.79 Å². The molecule has 1 fully saturated rings. The van der Waals surface area contributed by atoms with E-state index >= 15 is 0 Å². The second-order valence-corrected chi connectivity index (χ2v) is 11.6. The number of carbonyl (C=O) groups is 2. The molecule has 2 amide bonds. The Kier molecular flexibility index (Phi) is 8.26. The van der Waals surface area contributed by atoms with Gasteiger partial charge >= 0.3 is 6.09 Å². The summed E-state index contributed by atoms with van der Waals surface area (Å²) in [5.41, 5.74) is 4.05. The Morgan fingerprint density at radius 3 is 2.37 bits per heavy atom. The molecular formula is C30H38ClN3O4. The highest BCUT2D eigenvalue weighted by Crippen LogP contribution is 2.29. The van der Waals surface area contributed by atoms with Gasteiger partial charge in [0.25, 0.3) is 5.91 Å². The number of aromatic nitrogens is 1. The number of ether oxygens (including phenoxy) is 1. The minimum absolute atomic E-state index is 0.0304. The summed E-state index contributed by atoms with van der Waals surface area (Å²) in [6.07, 6.45) is 1.79. The van der Waals surface area contributed by atoms with Crippen molar-refractivity contribution in [2.24, 2.45) is 0 Å². The average molecular weight is 540 g/mol. The number of hydrogen-bond donors (Lipinski definition) is 2. The molecule has 0 spiro atoms. The summed E-state index contributed by atoms with van der Waals surface area (Å²) in [4.78, 5) is 32.3. The van der Waals surface area contributed by atoms with Crippen LogP contribution in [0.3, 0.4) is 0 Å². The SMILES string of the molecule is Cc1cc(OCCCc2c(C(=O)N3CCC(N(C(=O)O)C(C)(C)C)CC3)[nH]c3ccccc23)cc(C)c1Cl. The van der Waals surface area contributed by atoms with Gasteiger partial charge in [-0.3, -0.25) is 4.79 Å². The zero-order valence-corrected chi connectivity index (χ0v) is 23.7. The number of halogens is 1. The van der Waals surface area contributed by atoms with Crippen LogP contribution in [-0.2, 0) is 6.42 Å². The van der Waals surface area contributed by atoms with Crippen LogP contribution in [0.2, 0.25) is 5.02 Å². The number of nitrogens with one attached hydrogen (secondary N) is 1. The number of H-pyrrole nitrogens is 1. The Balaban J connectivity index is 1.45. The number of carboxylic acid groups (broad SMARTS) is 1. The highest BCUT2D eigenvalue weighted by molar-refractivity contribution is 6.32. The van der Waals surface area contributed by atoms with Crippen LogP contribution in [0, 0.1) is 13.8 Å². The highest BCUT2D eigenvalue weighted by Gasteiger charge is 2.36. The maximum absolute atomic E-state index is 13.7. The quantitative estimate of drug-likeness (QED) is 0.322. The third kappa shape index (κ3) is 5.93. The van der Waals surface area contributed by atoms with Crippen molar-refractivity contribution in [3.05, 3.63) is 63.8 Å².